The van der Waals surface area contributed by atoms with Crippen molar-refractivity contribution < 1.29 is 9.21 Å². The van der Waals surface area contributed by atoms with E-state index in [0.29, 0.717) is 5.22 Å². The highest BCUT2D eigenvalue weighted by Gasteiger charge is 2.19. The lowest BCUT2D eigenvalue weighted by atomic mass is 10.1. The number of benzene rings is 2. The molecule has 0 fully saturated rings. The van der Waals surface area contributed by atoms with E-state index in [9.17, 15) is 4.79 Å². The SMILES string of the molecule is Cc1cccc(C)c1NC(=O)C(C)Sc1nc2ccccc2o1. The number of nitrogens with one attached hydrogen (secondary N) is 1. The average Bonchev–Trinajstić information content (AvgIpc) is 2.93. The standard InChI is InChI=1S/C18H18N2O2S/c1-11-7-6-8-12(2)16(11)20-17(21)13(3)23-18-19-14-9-4-5-10-15(14)22-18/h4-10,13H,1-3H3,(H,20,21). The molecule has 0 saturated carbocycles. The van der Waals surface area contributed by atoms with Crippen molar-refractivity contribution in [2.24, 2.45) is 0 Å². The highest BCUT2D eigenvalue weighted by atomic mass is 32.2. The molecule has 0 spiro atoms. The molecule has 1 unspecified atom stereocenters. The summed E-state index contributed by atoms with van der Waals surface area (Å²) < 4.78 is 5.66. The minimum atomic E-state index is -0.304. The van der Waals surface area contributed by atoms with Gasteiger partial charge in [-0.15, -0.1) is 0 Å². The zero-order chi connectivity index (χ0) is 16.4. The number of nitrogens with zero attached hydrogens (tertiary/aromatic N) is 1. The van der Waals surface area contributed by atoms with Crippen LogP contribution in [0.3, 0.4) is 0 Å². The molecule has 4 nitrogen and oxygen atoms in total. The van der Waals surface area contributed by atoms with Crippen LogP contribution in [0.4, 0.5) is 5.69 Å². The predicted molar refractivity (Wildman–Crippen MR) is 93.9 cm³/mol. The summed E-state index contributed by atoms with van der Waals surface area (Å²) in [6.45, 7) is 5.82. The van der Waals surface area contributed by atoms with Crippen molar-refractivity contribution in [3.63, 3.8) is 0 Å². The van der Waals surface area contributed by atoms with Crippen molar-refractivity contribution in [3.8, 4) is 0 Å². The lowest BCUT2D eigenvalue weighted by Gasteiger charge is -2.14. The summed E-state index contributed by atoms with van der Waals surface area (Å²) in [4.78, 5) is 16.8. The quantitative estimate of drug-likeness (QED) is 0.714. The van der Waals surface area contributed by atoms with Gasteiger partial charge in [-0.1, -0.05) is 42.1 Å². The zero-order valence-corrected chi connectivity index (χ0v) is 14.1. The van der Waals surface area contributed by atoms with Crippen LogP contribution in [0.15, 0.2) is 52.1 Å². The summed E-state index contributed by atoms with van der Waals surface area (Å²) in [6.07, 6.45) is 0. The van der Waals surface area contributed by atoms with Crippen LogP contribution in [0.1, 0.15) is 18.1 Å². The van der Waals surface area contributed by atoms with Crippen molar-refractivity contribution in [2.75, 3.05) is 5.32 Å². The molecule has 0 aliphatic rings. The van der Waals surface area contributed by atoms with Gasteiger partial charge in [0.15, 0.2) is 5.58 Å². The Balaban J connectivity index is 1.72. The molecule has 2 aromatic carbocycles. The van der Waals surface area contributed by atoms with E-state index in [4.69, 9.17) is 4.42 Å². The lowest BCUT2D eigenvalue weighted by Crippen LogP contribution is -2.23. The molecule has 118 valence electrons. The number of aromatic nitrogens is 1. The molecule has 0 bridgehead atoms. The average molecular weight is 326 g/mol. The molecular formula is C18H18N2O2S. The smallest absolute Gasteiger partial charge is 0.257 e. The molecule has 0 radical (unpaired) electrons. The largest absolute Gasteiger partial charge is 0.431 e. The van der Waals surface area contributed by atoms with E-state index >= 15 is 0 Å². The fourth-order valence-electron chi connectivity index (χ4n) is 2.34. The molecule has 23 heavy (non-hydrogen) atoms. The van der Waals surface area contributed by atoms with E-state index < -0.39 is 0 Å². The molecule has 5 heteroatoms. The van der Waals surface area contributed by atoms with Crippen LogP contribution in [-0.2, 0) is 4.79 Å². The first-order valence-electron chi connectivity index (χ1n) is 7.44. The molecule has 1 atom stereocenters. The summed E-state index contributed by atoms with van der Waals surface area (Å²) in [5.41, 5.74) is 4.52. The van der Waals surface area contributed by atoms with Crippen molar-refractivity contribution in [1.82, 2.24) is 4.98 Å². The van der Waals surface area contributed by atoms with Crippen LogP contribution in [0, 0.1) is 13.8 Å². The zero-order valence-electron chi connectivity index (χ0n) is 13.3. The topological polar surface area (TPSA) is 55.1 Å². The summed E-state index contributed by atoms with van der Waals surface area (Å²) in [7, 11) is 0. The number of carbonyl (C=O) groups excluding carboxylic acids is 1. The number of carbonyl (C=O) groups is 1. The number of thioether (sulfide) groups is 1. The number of rotatable bonds is 4. The van der Waals surface area contributed by atoms with Gasteiger partial charge >= 0.3 is 0 Å². The molecule has 1 amide bonds. The van der Waals surface area contributed by atoms with Crippen molar-refractivity contribution in [3.05, 3.63) is 53.6 Å². The molecule has 3 rings (SSSR count). The summed E-state index contributed by atoms with van der Waals surface area (Å²) in [5, 5.41) is 3.21. The fourth-order valence-corrected chi connectivity index (χ4v) is 3.10. The number of oxazole rings is 1. The second kappa shape index (κ2) is 6.46. The van der Waals surface area contributed by atoms with Crippen LogP contribution in [0.5, 0.6) is 0 Å². The Labute approximate surface area is 139 Å². The highest BCUT2D eigenvalue weighted by Crippen LogP contribution is 2.28. The van der Waals surface area contributed by atoms with E-state index in [1.54, 1.807) is 0 Å². The Morgan fingerprint density at radius 3 is 2.52 bits per heavy atom. The van der Waals surface area contributed by atoms with Gasteiger partial charge in [-0.2, -0.15) is 0 Å². The van der Waals surface area contributed by atoms with Crippen LogP contribution >= 0.6 is 11.8 Å². The Bertz CT molecular complexity index is 804. The maximum absolute atomic E-state index is 12.4. The van der Waals surface area contributed by atoms with E-state index in [1.807, 2.05) is 63.2 Å². The first-order valence-corrected chi connectivity index (χ1v) is 8.32. The maximum atomic E-state index is 12.4. The molecule has 3 aromatic rings. The lowest BCUT2D eigenvalue weighted by molar-refractivity contribution is -0.115. The van der Waals surface area contributed by atoms with Gasteiger partial charge in [0.2, 0.25) is 5.91 Å². The third kappa shape index (κ3) is 3.40. The molecule has 0 saturated heterocycles. The van der Waals surface area contributed by atoms with Crippen molar-refractivity contribution >= 4 is 34.5 Å². The second-order valence-corrected chi connectivity index (χ2v) is 6.76. The van der Waals surface area contributed by atoms with Gasteiger partial charge in [0.1, 0.15) is 5.52 Å². The molecule has 0 aliphatic heterocycles. The first kappa shape index (κ1) is 15.6. The highest BCUT2D eigenvalue weighted by molar-refractivity contribution is 8.00. The van der Waals surface area contributed by atoms with Gasteiger partial charge in [-0.05, 0) is 44.0 Å². The Morgan fingerprint density at radius 2 is 1.83 bits per heavy atom. The first-order chi connectivity index (χ1) is 11.0. The molecule has 1 heterocycles. The number of para-hydroxylation sites is 3. The Morgan fingerprint density at radius 1 is 1.13 bits per heavy atom. The molecule has 1 N–H and O–H groups in total. The number of amides is 1. The normalized spacial score (nSPS) is 12.3. The molecule has 0 aliphatic carbocycles. The molecular weight excluding hydrogens is 308 g/mol. The van der Waals surface area contributed by atoms with Crippen LogP contribution in [0.2, 0.25) is 0 Å². The van der Waals surface area contributed by atoms with Gasteiger partial charge in [0.25, 0.3) is 5.22 Å². The van der Waals surface area contributed by atoms with E-state index in [1.165, 1.54) is 11.8 Å². The number of anilines is 1. The second-order valence-electron chi connectivity index (χ2n) is 5.46. The minimum absolute atomic E-state index is 0.0605. The van der Waals surface area contributed by atoms with E-state index in [-0.39, 0.29) is 11.2 Å². The van der Waals surface area contributed by atoms with Gasteiger partial charge < -0.3 is 9.73 Å². The van der Waals surface area contributed by atoms with Crippen molar-refractivity contribution in [1.29, 1.82) is 0 Å². The van der Waals surface area contributed by atoms with Crippen LogP contribution in [-0.4, -0.2) is 16.1 Å². The Kier molecular flexibility index (Phi) is 4.39. The fraction of sp³-hybridized carbons (Fsp3) is 0.222. The third-order valence-corrected chi connectivity index (χ3v) is 4.59. The third-order valence-electron chi connectivity index (χ3n) is 3.65. The van der Waals surface area contributed by atoms with Crippen LogP contribution in [0.25, 0.3) is 11.1 Å². The van der Waals surface area contributed by atoms with E-state index in [0.717, 1.165) is 27.9 Å². The van der Waals surface area contributed by atoms with Gasteiger partial charge in [-0.25, -0.2) is 4.98 Å². The number of hydrogen-bond donors (Lipinski definition) is 1. The summed E-state index contributed by atoms with van der Waals surface area (Å²) in [5.74, 6) is -0.0605. The van der Waals surface area contributed by atoms with Crippen molar-refractivity contribution in [2.45, 2.75) is 31.2 Å². The van der Waals surface area contributed by atoms with Crippen LogP contribution < -0.4 is 5.32 Å². The maximum Gasteiger partial charge on any atom is 0.257 e. The van der Waals surface area contributed by atoms with Gasteiger partial charge in [-0.3, -0.25) is 4.79 Å². The predicted octanol–water partition coefficient (Wildman–Crippen LogP) is 4.56. The number of fused-ring (bicyclic) bond motifs is 1. The minimum Gasteiger partial charge on any atom is -0.431 e. The molecule has 1 aromatic heterocycles. The van der Waals surface area contributed by atoms with Gasteiger partial charge in [0.05, 0.1) is 5.25 Å². The summed E-state index contributed by atoms with van der Waals surface area (Å²) in [6, 6.07) is 13.5. The Hall–Kier alpha value is -2.27. The number of hydrogen-bond acceptors (Lipinski definition) is 4. The number of aryl methyl sites for hydroxylation is 2. The van der Waals surface area contributed by atoms with E-state index in [2.05, 4.69) is 10.3 Å². The summed E-state index contributed by atoms with van der Waals surface area (Å²) >= 11 is 1.32. The van der Waals surface area contributed by atoms with Gasteiger partial charge in [0, 0.05) is 5.69 Å². The monoisotopic (exact) mass is 326 g/mol.